The van der Waals surface area contributed by atoms with E-state index in [0.29, 0.717) is 12.2 Å². The highest BCUT2D eigenvalue weighted by atomic mass is 16.4. The van der Waals surface area contributed by atoms with Crippen molar-refractivity contribution in [3.63, 3.8) is 0 Å². The Bertz CT molecular complexity index is 616. The summed E-state index contributed by atoms with van der Waals surface area (Å²) in [6, 6.07) is 0. The Balaban J connectivity index is 1.70. The fourth-order valence-electron chi connectivity index (χ4n) is 2.27. The maximum Gasteiger partial charge on any atom is 0.199 e. The predicted octanol–water partition coefficient (Wildman–Crippen LogP) is -1.61. The molecule has 3 heterocycles. The van der Waals surface area contributed by atoms with Crippen molar-refractivity contribution >= 4 is 17.3 Å². The van der Waals surface area contributed by atoms with E-state index in [1.807, 2.05) is 0 Å². The molecule has 1 aliphatic heterocycles. The molecule has 0 unspecified atom stereocenters. The highest BCUT2D eigenvalue weighted by Crippen LogP contribution is 2.15. The molecule has 10 heteroatoms. The third-order valence-corrected chi connectivity index (χ3v) is 3.30. The summed E-state index contributed by atoms with van der Waals surface area (Å²) >= 11 is 0. The predicted molar refractivity (Wildman–Crippen MR) is 70.6 cm³/mol. The van der Waals surface area contributed by atoms with Crippen molar-refractivity contribution in [1.29, 1.82) is 0 Å². The lowest BCUT2D eigenvalue weighted by Gasteiger charge is -2.35. The summed E-state index contributed by atoms with van der Waals surface area (Å²) in [7, 11) is 0. The first-order chi connectivity index (χ1) is 9.78. The molecule has 3 rings (SSSR count). The van der Waals surface area contributed by atoms with E-state index in [0.717, 1.165) is 32.0 Å². The van der Waals surface area contributed by atoms with E-state index in [2.05, 4.69) is 35.5 Å². The largest absolute Gasteiger partial charge is 0.409 e. The zero-order valence-electron chi connectivity index (χ0n) is 10.8. The van der Waals surface area contributed by atoms with E-state index in [-0.39, 0.29) is 5.84 Å². The van der Waals surface area contributed by atoms with Crippen LogP contribution in [0.5, 0.6) is 0 Å². The molecule has 1 saturated heterocycles. The first-order valence-electron chi connectivity index (χ1n) is 6.24. The van der Waals surface area contributed by atoms with Crippen LogP contribution in [0.1, 0.15) is 0 Å². The molecule has 0 spiro atoms. The summed E-state index contributed by atoms with van der Waals surface area (Å²) in [5, 5.41) is 23.1. The molecule has 0 bridgehead atoms. The minimum atomic E-state index is 0.225. The maximum atomic E-state index is 8.58. The van der Waals surface area contributed by atoms with Gasteiger partial charge in [0.25, 0.3) is 0 Å². The minimum Gasteiger partial charge on any atom is -0.409 e. The lowest BCUT2D eigenvalue weighted by molar-refractivity contribution is 0.278. The monoisotopic (exact) mass is 277 g/mol. The first-order valence-corrected chi connectivity index (χ1v) is 6.24. The number of tetrazole rings is 1. The van der Waals surface area contributed by atoms with Crippen molar-refractivity contribution in [2.45, 2.75) is 0 Å². The molecule has 0 saturated carbocycles. The first kappa shape index (κ1) is 12.5. The van der Waals surface area contributed by atoms with Crippen molar-refractivity contribution in [2.75, 3.05) is 37.6 Å². The van der Waals surface area contributed by atoms with E-state index < -0.39 is 0 Å². The third kappa shape index (κ3) is 2.32. The van der Waals surface area contributed by atoms with E-state index in [4.69, 9.17) is 10.9 Å². The summed E-state index contributed by atoms with van der Waals surface area (Å²) in [5.41, 5.74) is 6.14. The molecule has 0 aliphatic carbocycles. The average Bonchev–Trinajstić information content (AvgIpc) is 2.96. The second-order valence-corrected chi connectivity index (χ2v) is 4.57. The van der Waals surface area contributed by atoms with Gasteiger partial charge >= 0.3 is 0 Å². The molecule has 2 aromatic rings. The molecule has 1 fully saturated rings. The second kappa shape index (κ2) is 5.25. The molecule has 3 N–H and O–H groups in total. The van der Waals surface area contributed by atoms with Gasteiger partial charge in [-0.15, -0.1) is 5.10 Å². The quantitative estimate of drug-likeness (QED) is 0.297. The van der Waals surface area contributed by atoms with Gasteiger partial charge in [-0.25, -0.2) is 0 Å². The smallest absolute Gasteiger partial charge is 0.199 e. The van der Waals surface area contributed by atoms with Crippen LogP contribution in [0.4, 0.5) is 5.82 Å². The van der Waals surface area contributed by atoms with Gasteiger partial charge in [0, 0.05) is 26.2 Å². The number of aromatic nitrogens is 5. The molecular weight excluding hydrogens is 262 g/mol. The van der Waals surface area contributed by atoms with Gasteiger partial charge < -0.3 is 15.8 Å². The zero-order valence-corrected chi connectivity index (χ0v) is 10.8. The Labute approximate surface area is 114 Å². The Kier molecular flexibility index (Phi) is 3.29. The Morgan fingerprint density at radius 3 is 2.85 bits per heavy atom. The van der Waals surface area contributed by atoms with Gasteiger partial charge in [-0.2, -0.15) is 4.52 Å². The second-order valence-electron chi connectivity index (χ2n) is 4.57. The van der Waals surface area contributed by atoms with Crippen LogP contribution in [-0.2, 0) is 0 Å². The fraction of sp³-hybridized carbons (Fsp3) is 0.500. The van der Waals surface area contributed by atoms with Gasteiger partial charge in [0.05, 0.1) is 18.9 Å². The summed E-state index contributed by atoms with van der Waals surface area (Å²) in [6.07, 6.45) is 3.38. The van der Waals surface area contributed by atoms with Crippen molar-refractivity contribution in [2.24, 2.45) is 10.9 Å². The topological polar surface area (TPSA) is 121 Å². The summed E-state index contributed by atoms with van der Waals surface area (Å²) in [5.74, 6) is 1.10. The van der Waals surface area contributed by atoms with Gasteiger partial charge in [0.2, 0.25) is 0 Å². The zero-order chi connectivity index (χ0) is 13.9. The summed E-state index contributed by atoms with van der Waals surface area (Å²) < 4.78 is 1.67. The lowest BCUT2D eigenvalue weighted by Crippen LogP contribution is -2.49. The van der Waals surface area contributed by atoms with Gasteiger partial charge in [-0.1, -0.05) is 5.16 Å². The number of hydrogen-bond acceptors (Lipinski definition) is 8. The fourth-order valence-corrected chi connectivity index (χ4v) is 2.27. The number of oxime groups is 1. The average molecular weight is 277 g/mol. The number of amidine groups is 1. The number of anilines is 1. The molecule has 20 heavy (non-hydrogen) atoms. The molecule has 10 nitrogen and oxygen atoms in total. The standard InChI is InChI=1S/C10H15N9O/c11-8(14-20)7-17-1-3-18(4-2-17)10-6-12-5-9-13-15-16-19(9)10/h5-6,20H,1-4,7H2,(H2,11,14). The van der Waals surface area contributed by atoms with Gasteiger partial charge in [0.15, 0.2) is 17.3 Å². The number of hydrogen-bond donors (Lipinski definition) is 2. The van der Waals surface area contributed by atoms with Crippen LogP contribution in [0.3, 0.4) is 0 Å². The normalized spacial score (nSPS) is 17.8. The summed E-state index contributed by atoms with van der Waals surface area (Å²) in [6.45, 7) is 3.71. The SMILES string of the molecule is NC(CN1CCN(c2cncc3nnnn23)CC1)=NO. The van der Waals surface area contributed by atoms with E-state index >= 15 is 0 Å². The molecule has 106 valence electrons. The van der Waals surface area contributed by atoms with Crippen molar-refractivity contribution in [3.8, 4) is 0 Å². The van der Waals surface area contributed by atoms with Crippen molar-refractivity contribution in [1.82, 2.24) is 29.9 Å². The van der Waals surface area contributed by atoms with Crippen LogP contribution in [0.25, 0.3) is 5.65 Å². The maximum absolute atomic E-state index is 8.58. The van der Waals surface area contributed by atoms with E-state index in [9.17, 15) is 0 Å². The van der Waals surface area contributed by atoms with Crippen LogP contribution in [0, 0.1) is 0 Å². The Morgan fingerprint density at radius 1 is 1.30 bits per heavy atom. The minimum absolute atomic E-state index is 0.225. The van der Waals surface area contributed by atoms with E-state index in [1.54, 1.807) is 16.9 Å². The number of nitrogens with zero attached hydrogens (tertiary/aromatic N) is 8. The molecule has 0 amide bonds. The van der Waals surface area contributed by atoms with Gasteiger partial charge in [0.1, 0.15) is 0 Å². The number of nitrogens with two attached hydrogens (primary N) is 1. The Morgan fingerprint density at radius 2 is 2.10 bits per heavy atom. The van der Waals surface area contributed by atoms with Crippen LogP contribution < -0.4 is 10.6 Å². The van der Waals surface area contributed by atoms with Gasteiger partial charge in [-0.05, 0) is 10.4 Å². The molecule has 1 aliphatic rings. The van der Waals surface area contributed by atoms with Crippen molar-refractivity contribution < 1.29 is 5.21 Å². The van der Waals surface area contributed by atoms with Crippen LogP contribution in [-0.4, -0.2) is 73.7 Å². The van der Waals surface area contributed by atoms with Crippen LogP contribution in [0.15, 0.2) is 17.5 Å². The van der Waals surface area contributed by atoms with Gasteiger partial charge in [-0.3, -0.25) is 9.88 Å². The third-order valence-electron chi connectivity index (χ3n) is 3.30. The van der Waals surface area contributed by atoms with E-state index in [1.165, 1.54) is 0 Å². The van der Waals surface area contributed by atoms with Crippen LogP contribution >= 0.6 is 0 Å². The lowest BCUT2D eigenvalue weighted by atomic mass is 10.3. The molecule has 0 radical (unpaired) electrons. The molecule has 0 aromatic carbocycles. The molecule has 2 aromatic heterocycles. The molecular formula is C10H15N9O. The Hall–Kier alpha value is -2.49. The number of piperazine rings is 1. The van der Waals surface area contributed by atoms with Crippen molar-refractivity contribution in [3.05, 3.63) is 12.4 Å². The summed E-state index contributed by atoms with van der Waals surface area (Å²) in [4.78, 5) is 8.44. The number of rotatable bonds is 3. The van der Waals surface area contributed by atoms with Crippen LogP contribution in [0.2, 0.25) is 0 Å². The highest BCUT2D eigenvalue weighted by Gasteiger charge is 2.20. The highest BCUT2D eigenvalue weighted by molar-refractivity contribution is 5.81. The molecule has 0 atom stereocenters. The number of fused-ring (bicyclic) bond motifs is 1.